The highest BCUT2D eigenvalue weighted by Gasteiger charge is 2.23. The van der Waals surface area contributed by atoms with Gasteiger partial charge in [0.15, 0.2) is 0 Å². The smallest absolute Gasteiger partial charge is 0.257 e. The van der Waals surface area contributed by atoms with Crippen LogP contribution >= 0.6 is 12.4 Å². The van der Waals surface area contributed by atoms with Crippen LogP contribution < -0.4 is 5.73 Å². The molecule has 1 aliphatic heterocycles. The maximum absolute atomic E-state index is 12.1. The van der Waals surface area contributed by atoms with Crippen molar-refractivity contribution >= 4 is 18.3 Å². The van der Waals surface area contributed by atoms with Gasteiger partial charge in [0.1, 0.15) is 12.0 Å². The number of piperidine rings is 1. The van der Waals surface area contributed by atoms with Gasteiger partial charge in [-0.2, -0.15) is 0 Å². The summed E-state index contributed by atoms with van der Waals surface area (Å²) >= 11 is 0. The third-order valence-corrected chi connectivity index (χ3v) is 3.05. The summed E-state index contributed by atoms with van der Waals surface area (Å²) in [5.74, 6) is 1.32. The molecule has 0 aromatic carbocycles. The maximum atomic E-state index is 12.1. The zero-order chi connectivity index (χ0) is 11.5. The molecule has 1 amide bonds. The number of carbonyl (C=O) groups excluding carboxylic acids is 1. The topological polar surface area (TPSA) is 59.5 Å². The molecule has 1 atom stereocenters. The van der Waals surface area contributed by atoms with Gasteiger partial charge in [-0.05, 0) is 24.8 Å². The van der Waals surface area contributed by atoms with Crippen molar-refractivity contribution in [1.29, 1.82) is 0 Å². The number of hydrogen-bond donors (Lipinski definition) is 1. The molecule has 1 fully saturated rings. The molecule has 2 heterocycles. The van der Waals surface area contributed by atoms with E-state index in [1.807, 2.05) is 4.90 Å². The quantitative estimate of drug-likeness (QED) is 0.883. The van der Waals surface area contributed by atoms with Gasteiger partial charge in [0, 0.05) is 13.1 Å². The molecule has 1 aromatic heterocycles. The van der Waals surface area contributed by atoms with Crippen molar-refractivity contribution in [3.8, 4) is 0 Å². The van der Waals surface area contributed by atoms with Crippen LogP contribution in [0.25, 0.3) is 0 Å². The minimum absolute atomic E-state index is 0. The summed E-state index contributed by atoms with van der Waals surface area (Å²) in [7, 11) is 0. The molecular formula is C12H19ClN2O2. The third-order valence-electron chi connectivity index (χ3n) is 3.05. The zero-order valence-corrected chi connectivity index (χ0v) is 10.8. The number of hydrogen-bond acceptors (Lipinski definition) is 3. The average molecular weight is 259 g/mol. The first kappa shape index (κ1) is 14.1. The largest absolute Gasteiger partial charge is 0.467 e. The lowest BCUT2D eigenvalue weighted by molar-refractivity contribution is 0.0682. The normalized spacial score (nSPS) is 19.9. The molecule has 0 spiro atoms. The van der Waals surface area contributed by atoms with Crippen molar-refractivity contribution in [2.75, 3.05) is 13.1 Å². The molecule has 96 valence electrons. The summed E-state index contributed by atoms with van der Waals surface area (Å²) in [6.45, 7) is 4.22. The Morgan fingerprint density at radius 1 is 1.65 bits per heavy atom. The molecule has 17 heavy (non-hydrogen) atoms. The Balaban J connectivity index is 0.00000144. The van der Waals surface area contributed by atoms with Gasteiger partial charge in [-0.25, -0.2) is 0 Å². The minimum atomic E-state index is 0. The highest BCUT2D eigenvalue weighted by atomic mass is 35.5. The van der Waals surface area contributed by atoms with Crippen molar-refractivity contribution in [2.45, 2.75) is 26.3 Å². The second-order valence-electron chi connectivity index (χ2n) is 4.50. The highest BCUT2D eigenvalue weighted by Crippen LogP contribution is 2.18. The molecule has 0 radical (unpaired) electrons. The predicted molar refractivity (Wildman–Crippen MR) is 68.1 cm³/mol. The van der Waals surface area contributed by atoms with Gasteiger partial charge in [0.25, 0.3) is 5.91 Å². The van der Waals surface area contributed by atoms with E-state index >= 15 is 0 Å². The molecule has 4 nitrogen and oxygen atoms in total. The third kappa shape index (κ3) is 3.23. The Morgan fingerprint density at radius 3 is 3.00 bits per heavy atom. The molecule has 1 aromatic rings. The molecular weight excluding hydrogens is 240 g/mol. The van der Waals surface area contributed by atoms with Crippen molar-refractivity contribution in [3.63, 3.8) is 0 Å². The minimum Gasteiger partial charge on any atom is -0.467 e. The van der Waals surface area contributed by atoms with Gasteiger partial charge < -0.3 is 15.1 Å². The van der Waals surface area contributed by atoms with Crippen LogP contribution in [-0.2, 0) is 6.54 Å². The van der Waals surface area contributed by atoms with Gasteiger partial charge in [-0.15, -0.1) is 12.4 Å². The molecule has 0 bridgehead atoms. The van der Waals surface area contributed by atoms with Crippen molar-refractivity contribution < 1.29 is 9.21 Å². The van der Waals surface area contributed by atoms with Crippen LogP contribution in [0.15, 0.2) is 16.7 Å². The maximum Gasteiger partial charge on any atom is 0.257 e. The molecule has 2 rings (SSSR count). The van der Waals surface area contributed by atoms with E-state index in [0.717, 1.165) is 19.5 Å². The molecule has 1 unspecified atom stereocenters. The van der Waals surface area contributed by atoms with E-state index in [1.54, 1.807) is 6.07 Å². The van der Waals surface area contributed by atoms with Crippen LogP contribution in [0.1, 0.15) is 35.9 Å². The molecule has 1 saturated heterocycles. The summed E-state index contributed by atoms with van der Waals surface area (Å²) in [5, 5.41) is 0. The number of rotatable bonds is 2. The lowest BCUT2D eigenvalue weighted by Crippen LogP contribution is -2.38. The first-order valence-electron chi connectivity index (χ1n) is 5.77. The van der Waals surface area contributed by atoms with E-state index in [1.165, 1.54) is 12.7 Å². The standard InChI is InChI=1S/C12H18N2O2.ClH/c1-9-3-2-4-14(7-9)12(15)10-5-11(6-13)16-8-10;/h5,8-9H,2-4,6-7,13H2,1H3;1H. The second kappa shape index (κ2) is 6.07. The van der Waals surface area contributed by atoms with Crippen LogP contribution in [0.2, 0.25) is 0 Å². The van der Waals surface area contributed by atoms with E-state index < -0.39 is 0 Å². The number of likely N-dealkylation sites (tertiary alicyclic amines) is 1. The van der Waals surface area contributed by atoms with Gasteiger partial charge in [-0.1, -0.05) is 6.92 Å². The van der Waals surface area contributed by atoms with Gasteiger partial charge in [0.2, 0.25) is 0 Å². The van der Waals surface area contributed by atoms with E-state index in [4.69, 9.17) is 10.2 Å². The fourth-order valence-corrected chi connectivity index (χ4v) is 2.16. The SMILES string of the molecule is CC1CCCN(C(=O)c2coc(CN)c2)C1.Cl. The van der Waals surface area contributed by atoms with E-state index in [9.17, 15) is 4.79 Å². The number of furan rings is 1. The van der Waals surface area contributed by atoms with Gasteiger partial charge in [0.05, 0.1) is 12.1 Å². The molecule has 5 heteroatoms. The van der Waals surface area contributed by atoms with Crippen LogP contribution in [0.5, 0.6) is 0 Å². The van der Waals surface area contributed by atoms with Crippen LogP contribution in [0.4, 0.5) is 0 Å². The molecule has 0 saturated carbocycles. The van der Waals surface area contributed by atoms with Crippen LogP contribution in [-0.4, -0.2) is 23.9 Å². The monoisotopic (exact) mass is 258 g/mol. The Bertz CT molecular complexity index is 378. The summed E-state index contributed by atoms with van der Waals surface area (Å²) in [5.41, 5.74) is 6.07. The van der Waals surface area contributed by atoms with E-state index in [0.29, 0.717) is 23.8 Å². The molecule has 2 N–H and O–H groups in total. The Hall–Kier alpha value is -1.00. The summed E-state index contributed by atoms with van der Waals surface area (Å²) in [6.07, 6.45) is 3.81. The Labute approximate surface area is 108 Å². The summed E-state index contributed by atoms with van der Waals surface area (Å²) in [4.78, 5) is 14.0. The number of nitrogens with zero attached hydrogens (tertiary/aromatic N) is 1. The number of amides is 1. The van der Waals surface area contributed by atoms with Crippen LogP contribution in [0, 0.1) is 5.92 Å². The highest BCUT2D eigenvalue weighted by molar-refractivity contribution is 5.94. The number of carbonyl (C=O) groups is 1. The Morgan fingerprint density at radius 2 is 2.41 bits per heavy atom. The number of nitrogens with two attached hydrogens (primary N) is 1. The average Bonchev–Trinajstić information content (AvgIpc) is 2.76. The van der Waals surface area contributed by atoms with Crippen LogP contribution in [0.3, 0.4) is 0 Å². The van der Waals surface area contributed by atoms with E-state index in [2.05, 4.69) is 6.92 Å². The van der Waals surface area contributed by atoms with Crippen molar-refractivity contribution in [3.05, 3.63) is 23.7 Å². The number of halogens is 1. The zero-order valence-electron chi connectivity index (χ0n) is 10.0. The summed E-state index contributed by atoms with van der Waals surface area (Å²) in [6, 6.07) is 1.74. The Kier molecular flexibility index (Phi) is 5.02. The first-order valence-corrected chi connectivity index (χ1v) is 5.77. The lowest BCUT2D eigenvalue weighted by atomic mass is 10.00. The molecule has 0 aliphatic carbocycles. The van der Waals surface area contributed by atoms with Gasteiger partial charge >= 0.3 is 0 Å². The fourth-order valence-electron chi connectivity index (χ4n) is 2.16. The predicted octanol–water partition coefficient (Wildman–Crippen LogP) is 2.03. The summed E-state index contributed by atoms with van der Waals surface area (Å²) < 4.78 is 5.18. The fraction of sp³-hybridized carbons (Fsp3) is 0.583. The van der Waals surface area contributed by atoms with Gasteiger partial charge in [-0.3, -0.25) is 4.79 Å². The first-order chi connectivity index (χ1) is 7.70. The van der Waals surface area contributed by atoms with Crippen molar-refractivity contribution in [1.82, 2.24) is 4.90 Å². The molecule has 1 aliphatic rings. The van der Waals surface area contributed by atoms with E-state index in [-0.39, 0.29) is 18.3 Å². The van der Waals surface area contributed by atoms with Crippen molar-refractivity contribution in [2.24, 2.45) is 11.7 Å². The lowest BCUT2D eigenvalue weighted by Gasteiger charge is -2.30. The second-order valence-corrected chi connectivity index (χ2v) is 4.50.